The number of amides is 4. The monoisotopic (exact) mass is 303 g/mol. The Morgan fingerprint density at radius 3 is 2.33 bits per heavy atom. The molecule has 1 saturated heterocycles. The van der Waals surface area contributed by atoms with Crippen molar-refractivity contribution in [2.75, 3.05) is 12.3 Å². The zero-order valence-corrected chi connectivity index (χ0v) is 11.5. The molecule has 1 aromatic rings. The van der Waals surface area contributed by atoms with E-state index in [0.29, 0.717) is 0 Å². The number of aliphatic imine (C=N–C) groups is 1. The number of benzene rings is 1. The van der Waals surface area contributed by atoms with Crippen LogP contribution in [0.4, 0.5) is 0 Å². The van der Waals surface area contributed by atoms with Crippen molar-refractivity contribution < 1.29 is 19.2 Å². The molecule has 0 atom stereocenters. The van der Waals surface area contributed by atoms with Gasteiger partial charge >= 0.3 is 0 Å². The highest BCUT2D eigenvalue weighted by molar-refractivity contribution is 8.15. The number of amidine groups is 1. The van der Waals surface area contributed by atoms with E-state index in [0.717, 1.165) is 16.7 Å². The smallest absolute Gasteiger partial charge is 0.268 e. The summed E-state index contributed by atoms with van der Waals surface area (Å²) >= 11 is 1.11. The van der Waals surface area contributed by atoms with Gasteiger partial charge in [0.15, 0.2) is 5.17 Å². The van der Waals surface area contributed by atoms with E-state index < -0.39 is 24.3 Å². The van der Waals surface area contributed by atoms with Crippen molar-refractivity contribution in [3.05, 3.63) is 35.4 Å². The minimum Gasteiger partial charge on any atom is -0.304 e. The first kappa shape index (κ1) is 13.5. The quantitative estimate of drug-likeness (QED) is 0.778. The highest BCUT2D eigenvalue weighted by Crippen LogP contribution is 2.22. The van der Waals surface area contributed by atoms with Gasteiger partial charge in [-0.1, -0.05) is 23.9 Å². The van der Waals surface area contributed by atoms with Gasteiger partial charge in [-0.3, -0.25) is 24.1 Å². The Balaban J connectivity index is 1.75. The molecule has 2 aliphatic heterocycles. The summed E-state index contributed by atoms with van der Waals surface area (Å²) in [6, 6.07) is 6.39. The second-order valence-electron chi connectivity index (χ2n) is 4.39. The lowest BCUT2D eigenvalue weighted by Crippen LogP contribution is -2.35. The van der Waals surface area contributed by atoms with Crippen LogP contribution in [0.3, 0.4) is 0 Å². The molecule has 0 unspecified atom stereocenters. The minimum atomic E-state index is -0.658. The van der Waals surface area contributed by atoms with E-state index in [1.807, 2.05) is 0 Å². The third-order valence-electron chi connectivity index (χ3n) is 2.98. The maximum atomic E-state index is 12.1. The van der Waals surface area contributed by atoms with Gasteiger partial charge in [0.25, 0.3) is 17.7 Å². The largest absolute Gasteiger partial charge is 0.304 e. The lowest BCUT2D eigenvalue weighted by molar-refractivity contribution is -0.118. The summed E-state index contributed by atoms with van der Waals surface area (Å²) in [6.07, 6.45) is 0. The van der Waals surface area contributed by atoms with Crippen LogP contribution >= 0.6 is 11.8 Å². The molecule has 0 spiro atoms. The maximum Gasteiger partial charge on any atom is 0.268 e. The number of rotatable bonds is 2. The molecule has 0 bridgehead atoms. The van der Waals surface area contributed by atoms with Crippen molar-refractivity contribution in [2.24, 2.45) is 4.99 Å². The van der Waals surface area contributed by atoms with Gasteiger partial charge in [0, 0.05) is 0 Å². The van der Waals surface area contributed by atoms with Gasteiger partial charge in [-0.2, -0.15) is 4.99 Å². The van der Waals surface area contributed by atoms with Gasteiger partial charge in [-0.25, -0.2) is 0 Å². The van der Waals surface area contributed by atoms with E-state index in [9.17, 15) is 19.2 Å². The molecule has 106 valence electrons. The van der Waals surface area contributed by atoms with E-state index in [2.05, 4.69) is 10.3 Å². The van der Waals surface area contributed by atoms with Crippen LogP contribution in [0.25, 0.3) is 0 Å². The molecule has 0 radical (unpaired) electrons. The first-order valence-electron chi connectivity index (χ1n) is 6.05. The number of nitrogens with zero attached hydrogens (tertiary/aromatic N) is 2. The molecule has 2 heterocycles. The number of nitrogens with one attached hydrogen (secondary N) is 1. The van der Waals surface area contributed by atoms with Crippen molar-refractivity contribution >= 4 is 40.6 Å². The topological polar surface area (TPSA) is 95.9 Å². The first-order valence-corrected chi connectivity index (χ1v) is 7.04. The van der Waals surface area contributed by atoms with Gasteiger partial charge in [-0.05, 0) is 12.1 Å². The molecule has 8 heteroatoms. The van der Waals surface area contributed by atoms with Gasteiger partial charge < -0.3 is 5.32 Å². The van der Waals surface area contributed by atoms with Gasteiger partial charge in [-0.15, -0.1) is 0 Å². The molecule has 21 heavy (non-hydrogen) atoms. The lowest BCUT2D eigenvalue weighted by Gasteiger charge is -2.10. The highest BCUT2D eigenvalue weighted by atomic mass is 32.2. The number of carbonyl (C=O) groups excluding carboxylic acids is 4. The predicted molar refractivity (Wildman–Crippen MR) is 74.9 cm³/mol. The first-order chi connectivity index (χ1) is 10.1. The summed E-state index contributed by atoms with van der Waals surface area (Å²) < 4.78 is 0. The Labute approximate surface area is 123 Å². The molecule has 4 amide bonds. The highest BCUT2D eigenvalue weighted by Gasteiger charge is 2.36. The van der Waals surface area contributed by atoms with Crippen LogP contribution in [0.1, 0.15) is 20.7 Å². The SMILES string of the molecule is O=C(CN1C(=O)c2ccccc2C1=O)N=C1NC(=O)CS1. The number of thioether (sulfide) groups is 1. The van der Waals surface area contributed by atoms with Crippen molar-refractivity contribution in [2.45, 2.75) is 0 Å². The molecule has 1 N–H and O–H groups in total. The standard InChI is InChI=1S/C13H9N3O4S/c17-9(14-13-15-10(18)6-21-13)5-16-11(19)7-3-1-2-4-8(7)12(16)20/h1-4H,5-6H2,(H,14,15,17,18). The third-order valence-corrected chi connectivity index (χ3v) is 3.86. The van der Waals surface area contributed by atoms with E-state index in [1.54, 1.807) is 24.3 Å². The van der Waals surface area contributed by atoms with Crippen molar-refractivity contribution in [3.63, 3.8) is 0 Å². The fraction of sp³-hybridized carbons (Fsp3) is 0.154. The summed E-state index contributed by atoms with van der Waals surface area (Å²) in [7, 11) is 0. The summed E-state index contributed by atoms with van der Waals surface area (Å²) in [5.41, 5.74) is 0.568. The van der Waals surface area contributed by atoms with E-state index in [4.69, 9.17) is 0 Å². The van der Waals surface area contributed by atoms with E-state index in [1.165, 1.54) is 0 Å². The third kappa shape index (κ3) is 2.45. The summed E-state index contributed by atoms with van der Waals surface area (Å²) in [6.45, 7) is -0.438. The van der Waals surface area contributed by atoms with Gasteiger partial charge in [0.1, 0.15) is 6.54 Å². The molecule has 7 nitrogen and oxygen atoms in total. The van der Waals surface area contributed by atoms with Crippen LogP contribution in [0.5, 0.6) is 0 Å². The summed E-state index contributed by atoms with van der Waals surface area (Å²) in [5, 5.41) is 2.61. The van der Waals surface area contributed by atoms with Crippen molar-refractivity contribution in [1.29, 1.82) is 0 Å². The Morgan fingerprint density at radius 2 is 1.81 bits per heavy atom. The molecule has 0 saturated carbocycles. The molecular weight excluding hydrogens is 294 g/mol. The Kier molecular flexibility index (Phi) is 3.30. The second kappa shape index (κ2) is 5.13. The fourth-order valence-corrected chi connectivity index (χ4v) is 2.74. The average Bonchev–Trinajstić information content (AvgIpc) is 2.97. The molecule has 2 aliphatic rings. The van der Waals surface area contributed by atoms with Crippen LogP contribution in [-0.4, -0.2) is 46.0 Å². The zero-order valence-electron chi connectivity index (χ0n) is 10.7. The van der Waals surface area contributed by atoms with Crippen LogP contribution < -0.4 is 5.32 Å². The molecule has 0 aromatic heterocycles. The molecule has 1 fully saturated rings. The number of hydrogen-bond donors (Lipinski definition) is 1. The lowest BCUT2D eigenvalue weighted by atomic mass is 10.1. The van der Waals surface area contributed by atoms with Gasteiger partial charge in [0.2, 0.25) is 5.91 Å². The van der Waals surface area contributed by atoms with Crippen molar-refractivity contribution in [3.8, 4) is 0 Å². The van der Waals surface area contributed by atoms with Crippen molar-refractivity contribution in [1.82, 2.24) is 10.2 Å². The number of imide groups is 1. The van der Waals surface area contributed by atoms with E-state index in [-0.39, 0.29) is 28.0 Å². The van der Waals surface area contributed by atoms with Gasteiger partial charge in [0.05, 0.1) is 16.9 Å². The van der Waals surface area contributed by atoms with Crippen LogP contribution in [0.2, 0.25) is 0 Å². The summed E-state index contributed by atoms with van der Waals surface area (Å²) in [4.78, 5) is 51.5. The molecule has 3 rings (SSSR count). The van der Waals surface area contributed by atoms with Crippen LogP contribution in [-0.2, 0) is 9.59 Å². The average molecular weight is 303 g/mol. The minimum absolute atomic E-state index is 0.196. The molecular formula is C13H9N3O4S. The Bertz CT molecular complexity index is 678. The Hall–Kier alpha value is -2.48. The maximum absolute atomic E-state index is 12.1. The Morgan fingerprint density at radius 1 is 1.19 bits per heavy atom. The van der Waals surface area contributed by atoms with E-state index >= 15 is 0 Å². The number of fused-ring (bicyclic) bond motifs is 1. The normalized spacial score (nSPS) is 19.1. The van der Waals surface area contributed by atoms with Crippen LogP contribution in [0, 0.1) is 0 Å². The molecule has 0 aliphatic carbocycles. The number of hydrogen-bond acceptors (Lipinski definition) is 5. The molecule has 1 aromatic carbocycles. The second-order valence-corrected chi connectivity index (χ2v) is 5.35. The number of carbonyl (C=O) groups is 4. The fourth-order valence-electron chi connectivity index (χ4n) is 2.05. The van der Waals surface area contributed by atoms with Crippen LogP contribution in [0.15, 0.2) is 29.3 Å². The predicted octanol–water partition coefficient (Wildman–Crippen LogP) is 0.0282. The summed E-state index contributed by atoms with van der Waals surface area (Å²) in [5.74, 6) is -1.69. The zero-order chi connectivity index (χ0) is 15.0.